The first-order chi connectivity index (χ1) is 6.86. The van der Waals surface area contributed by atoms with Crippen LogP contribution in [0, 0.1) is 11.3 Å². The van der Waals surface area contributed by atoms with Gasteiger partial charge in [0.1, 0.15) is 11.8 Å². The van der Waals surface area contributed by atoms with Crippen LogP contribution in [0.2, 0.25) is 0 Å². The number of hydrogen-bond donors (Lipinski definition) is 1. The van der Waals surface area contributed by atoms with Crippen LogP contribution in [0.4, 0.5) is 0 Å². The minimum absolute atomic E-state index is 0.164. The quantitative estimate of drug-likeness (QED) is 0.763. The maximum absolute atomic E-state index is 11.2. The van der Waals surface area contributed by atoms with E-state index < -0.39 is 26.5 Å². The van der Waals surface area contributed by atoms with Crippen LogP contribution in [0.5, 0.6) is 0 Å². The van der Waals surface area contributed by atoms with Gasteiger partial charge in [0.05, 0.1) is 5.56 Å². The molecule has 78 valence electrons. The number of rotatable bonds is 2. The highest BCUT2D eigenvalue weighted by molar-refractivity contribution is 7.90. The Morgan fingerprint density at radius 3 is 2.53 bits per heavy atom. The lowest BCUT2D eigenvalue weighted by Gasteiger charge is -2.01. The monoisotopic (exact) mass is 226 g/mol. The molecule has 0 aromatic carbocycles. The van der Waals surface area contributed by atoms with Crippen molar-refractivity contribution in [3.8, 4) is 6.07 Å². The van der Waals surface area contributed by atoms with Gasteiger partial charge in [-0.15, -0.1) is 0 Å². The molecule has 1 rings (SSSR count). The van der Waals surface area contributed by atoms with Crippen LogP contribution in [-0.2, 0) is 9.84 Å². The summed E-state index contributed by atoms with van der Waals surface area (Å²) in [5, 5.41) is 16.7. The summed E-state index contributed by atoms with van der Waals surface area (Å²) in [4.78, 5) is 13.9. The Bertz CT molecular complexity index is 556. The van der Waals surface area contributed by atoms with Crippen LogP contribution in [-0.4, -0.2) is 30.7 Å². The fraction of sp³-hybridized carbons (Fsp3) is 0.125. The number of carboxylic acids is 1. The number of hydrogen-bond acceptors (Lipinski definition) is 5. The third kappa shape index (κ3) is 2.30. The number of carboxylic acid groups (broad SMARTS) is 1. The second-order valence-corrected chi connectivity index (χ2v) is 4.67. The van der Waals surface area contributed by atoms with Crippen molar-refractivity contribution in [1.82, 2.24) is 4.98 Å². The zero-order valence-corrected chi connectivity index (χ0v) is 8.45. The van der Waals surface area contributed by atoms with E-state index in [0.29, 0.717) is 0 Å². The number of pyridine rings is 1. The topological polar surface area (TPSA) is 108 Å². The number of nitrogens with zero attached hydrogens (tertiary/aromatic N) is 2. The van der Waals surface area contributed by atoms with Crippen molar-refractivity contribution in [2.24, 2.45) is 0 Å². The number of aromatic carboxylic acids is 1. The van der Waals surface area contributed by atoms with E-state index in [-0.39, 0.29) is 5.56 Å². The lowest BCUT2D eigenvalue weighted by atomic mass is 10.3. The molecular weight excluding hydrogens is 220 g/mol. The molecule has 0 saturated heterocycles. The summed E-state index contributed by atoms with van der Waals surface area (Å²) >= 11 is 0. The molecule has 6 nitrogen and oxygen atoms in total. The molecule has 1 aromatic rings. The van der Waals surface area contributed by atoms with Gasteiger partial charge in [0.25, 0.3) is 0 Å². The molecule has 0 amide bonds. The van der Waals surface area contributed by atoms with Crippen molar-refractivity contribution in [2.75, 3.05) is 6.26 Å². The average Bonchev–Trinajstić information content (AvgIpc) is 2.15. The van der Waals surface area contributed by atoms with Gasteiger partial charge in [-0.1, -0.05) is 0 Å². The van der Waals surface area contributed by atoms with Crippen molar-refractivity contribution in [3.63, 3.8) is 0 Å². The van der Waals surface area contributed by atoms with Crippen LogP contribution in [0.1, 0.15) is 16.1 Å². The molecule has 0 radical (unpaired) electrons. The molecule has 1 heterocycles. The molecule has 15 heavy (non-hydrogen) atoms. The predicted octanol–water partition coefficient (Wildman–Crippen LogP) is 0.0550. The molecule has 1 aromatic heterocycles. The largest absolute Gasteiger partial charge is 0.477 e. The van der Waals surface area contributed by atoms with Crippen molar-refractivity contribution in [2.45, 2.75) is 5.03 Å². The number of carbonyl (C=O) groups is 1. The number of aromatic nitrogens is 1. The average molecular weight is 226 g/mol. The van der Waals surface area contributed by atoms with Crippen LogP contribution >= 0.6 is 0 Å². The molecule has 0 aliphatic heterocycles. The highest BCUT2D eigenvalue weighted by Crippen LogP contribution is 2.12. The predicted molar refractivity (Wildman–Crippen MR) is 49.0 cm³/mol. The normalized spacial score (nSPS) is 10.7. The summed E-state index contributed by atoms with van der Waals surface area (Å²) in [7, 11) is -3.70. The van der Waals surface area contributed by atoms with Gasteiger partial charge < -0.3 is 5.11 Å². The van der Waals surface area contributed by atoms with Gasteiger partial charge in [-0.2, -0.15) is 5.26 Å². The van der Waals surface area contributed by atoms with Gasteiger partial charge in [-0.25, -0.2) is 18.2 Å². The second kappa shape index (κ2) is 3.67. The van der Waals surface area contributed by atoms with Crippen molar-refractivity contribution in [1.29, 1.82) is 5.26 Å². The van der Waals surface area contributed by atoms with Crippen LogP contribution in [0.3, 0.4) is 0 Å². The first kappa shape index (κ1) is 11.1. The Kier molecular flexibility index (Phi) is 2.72. The SMILES string of the molecule is CS(=O)(=O)c1nc(C(=O)O)ccc1C#N. The van der Waals surface area contributed by atoms with Gasteiger partial charge in [-0.3, -0.25) is 0 Å². The van der Waals surface area contributed by atoms with E-state index in [9.17, 15) is 13.2 Å². The summed E-state index contributed by atoms with van der Waals surface area (Å²) in [6.07, 6.45) is 0.863. The molecule has 1 N–H and O–H groups in total. The third-order valence-corrected chi connectivity index (χ3v) is 2.56. The lowest BCUT2D eigenvalue weighted by Crippen LogP contribution is -2.09. The number of sulfone groups is 1. The Hall–Kier alpha value is -1.94. The highest BCUT2D eigenvalue weighted by Gasteiger charge is 2.18. The molecule has 0 unspecified atom stereocenters. The van der Waals surface area contributed by atoms with E-state index in [2.05, 4.69) is 4.98 Å². The first-order valence-electron chi connectivity index (χ1n) is 3.70. The minimum Gasteiger partial charge on any atom is -0.477 e. The Morgan fingerprint density at radius 1 is 1.53 bits per heavy atom. The standard InChI is InChI=1S/C8H6N2O4S/c1-15(13,14)7-5(4-9)2-3-6(10-7)8(11)12/h2-3H,1H3,(H,11,12). The van der Waals surface area contributed by atoms with Crippen LogP contribution < -0.4 is 0 Å². The third-order valence-electron chi connectivity index (χ3n) is 1.55. The van der Waals surface area contributed by atoms with E-state index in [4.69, 9.17) is 10.4 Å². The minimum atomic E-state index is -3.70. The van der Waals surface area contributed by atoms with E-state index in [1.54, 1.807) is 6.07 Å². The molecule has 0 atom stereocenters. The molecule has 0 aliphatic rings. The lowest BCUT2D eigenvalue weighted by molar-refractivity contribution is 0.0689. The molecule has 0 aliphatic carbocycles. The van der Waals surface area contributed by atoms with Gasteiger partial charge >= 0.3 is 5.97 Å². The van der Waals surface area contributed by atoms with Gasteiger partial charge in [0.15, 0.2) is 14.9 Å². The maximum atomic E-state index is 11.2. The van der Waals surface area contributed by atoms with Gasteiger partial charge in [-0.05, 0) is 12.1 Å². The van der Waals surface area contributed by atoms with E-state index in [0.717, 1.165) is 18.4 Å². The smallest absolute Gasteiger partial charge is 0.354 e. The van der Waals surface area contributed by atoms with Crippen LogP contribution in [0.15, 0.2) is 17.2 Å². The highest BCUT2D eigenvalue weighted by atomic mass is 32.2. The van der Waals surface area contributed by atoms with Crippen LogP contribution in [0.25, 0.3) is 0 Å². The van der Waals surface area contributed by atoms with E-state index >= 15 is 0 Å². The van der Waals surface area contributed by atoms with E-state index in [1.165, 1.54) is 0 Å². The fourth-order valence-corrected chi connectivity index (χ4v) is 1.70. The molecule has 0 saturated carbocycles. The Balaban J connectivity index is 3.55. The van der Waals surface area contributed by atoms with Crippen molar-refractivity contribution >= 4 is 15.8 Å². The Morgan fingerprint density at radius 2 is 2.13 bits per heavy atom. The van der Waals surface area contributed by atoms with E-state index in [1.807, 2.05) is 0 Å². The Labute approximate surface area is 85.7 Å². The fourth-order valence-electron chi connectivity index (χ4n) is 0.927. The molecule has 7 heteroatoms. The first-order valence-corrected chi connectivity index (χ1v) is 5.60. The summed E-state index contributed by atoms with van der Waals surface area (Å²) in [5.74, 6) is -1.34. The van der Waals surface area contributed by atoms with Crippen molar-refractivity contribution in [3.05, 3.63) is 23.4 Å². The molecule has 0 fully saturated rings. The summed E-state index contributed by atoms with van der Waals surface area (Å²) in [6, 6.07) is 3.83. The zero-order valence-electron chi connectivity index (χ0n) is 7.63. The molecule has 0 spiro atoms. The second-order valence-electron chi connectivity index (χ2n) is 2.74. The summed E-state index contributed by atoms with van der Waals surface area (Å²) in [6.45, 7) is 0. The molecule has 0 bridgehead atoms. The summed E-state index contributed by atoms with van der Waals surface area (Å²) < 4.78 is 22.4. The van der Waals surface area contributed by atoms with Gasteiger partial charge in [0.2, 0.25) is 0 Å². The van der Waals surface area contributed by atoms with Gasteiger partial charge in [0, 0.05) is 6.26 Å². The summed E-state index contributed by atoms with van der Waals surface area (Å²) in [5.41, 5.74) is -0.572. The maximum Gasteiger partial charge on any atom is 0.354 e. The molecular formula is C8H6N2O4S. The zero-order chi connectivity index (χ0) is 11.6. The number of nitriles is 1. The van der Waals surface area contributed by atoms with Crippen molar-refractivity contribution < 1.29 is 18.3 Å².